The first-order valence-electron chi connectivity index (χ1n) is 10.1. The maximum atomic E-state index is 12.7. The SMILES string of the molecule is CCc1nn(CCCOC(=O)c2ncsc2C)c2c1C(=O)NCCCOCCC2. The zero-order valence-electron chi connectivity index (χ0n) is 17.0. The number of fused-ring (bicyclic) bond motifs is 1. The quantitative estimate of drug-likeness (QED) is 0.570. The van der Waals surface area contributed by atoms with Crippen molar-refractivity contribution in [3.05, 3.63) is 33.0 Å². The van der Waals surface area contributed by atoms with E-state index in [1.165, 1.54) is 11.3 Å². The molecule has 158 valence electrons. The summed E-state index contributed by atoms with van der Waals surface area (Å²) in [5, 5.41) is 7.65. The van der Waals surface area contributed by atoms with Crippen molar-refractivity contribution >= 4 is 23.2 Å². The normalized spacial score (nSPS) is 15.3. The summed E-state index contributed by atoms with van der Waals surface area (Å²) in [7, 11) is 0. The van der Waals surface area contributed by atoms with E-state index in [9.17, 15) is 9.59 Å². The summed E-state index contributed by atoms with van der Waals surface area (Å²) in [4.78, 5) is 29.7. The molecule has 29 heavy (non-hydrogen) atoms. The lowest BCUT2D eigenvalue weighted by Gasteiger charge is -2.10. The van der Waals surface area contributed by atoms with Gasteiger partial charge < -0.3 is 14.8 Å². The van der Waals surface area contributed by atoms with E-state index >= 15 is 0 Å². The van der Waals surface area contributed by atoms with Crippen molar-refractivity contribution in [2.75, 3.05) is 26.4 Å². The van der Waals surface area contributed by atoms with Crippen LogP contribution in [0.1, 0.15) is 63.3 Å². The second-order valence-corrected chi connectivity index (χ2v) is 7.98. The Hall–Kier alpha value is -2.26. The zero-order chi connectivity index (χ0) is 20.6. The lowest BCUT2D eigenvalue weighted by Crippen LogP contribution is -2.26. The molecule has 2 aromatic heterocycles. The Bertz CT molecular complexity index is 846. The van der Waals surface area contributed by atoms with E-state index in [4.69, 9.17) is 9.47 Å². The van der Waals surface area contributed by atoms with Crippen molar-refractivity contribution in [2.45, 2.75) is 52.5 Å². The zero-order valence-corrected chi connectivity index (χ0v) is 17.8. The van der Waals surface area contributed by atoms with Gasteiger partial charge in [0.2, 0.25) is 0 Å². The van der Waals surface area contributed by atoms with Gasteiger partial charge in [0, 0.05) is 37.6 Å². The van der Waals surface area contributed by atoms with Crippen LogP contribution in [0.2, 0.25) is 0 Å². The first-order valence-corrected chi connectivity index (χ1v) is 11.0. The predicted octanol–water partition coefficient (Wildman–Crippen LogP) is 2.54. The van der Waals surface area contributed by atoms with Gasteiger partial charge in [0.1, 0.15) is 0 Å². The minimum atomic E-state index is -0.394. The van der Waals surface area contributed by atoms with Crippen molar-refractivity contribution in [2.24, 2.45) is 0 Å². The second kappa shape index (κ2) is 10.5. The monoisotopic (exact) mass is 420 g/mol. The Balaban J connectivity index is 1.66. The number of esters is 1. The smallest absolute Gasteiger partial charge is 0.358 e. The van der Waals surface area contributed by atoms with E-state index in [0.717, 1.165) is 35.5 Å². The van der Waals surface area contributed by atoms with Crippen molar-refractivity contribution < 1.29 is 19.1 Å². The van der Waals surface area contributed by atoms with E-state index in [1.54, 1.807) is 5.51 Å². The fourth-order valence-corrected chi connectivity index (χ4v) is 3.92. The number of aryl methyl sites for hydroxylation is 3. The van der Waals surface area contributed by atoms with Crippen LogP contribution in [-0.2, 0) is 28.9 Å². The highest BCUT2D eigenvalue weighted by Crippen LogP contribution is 2.19. The summed E-state index contributed by atoms with van der Waals surface area (Å²) in [6, 6.07) is 0. The molecule has 3 rings (SSSR count). The number of aromatic nitrogens is 3. The Kier molecular flexibility index (Phi) is 7.76. The number of ether oxygens (including phenoxy) is 2. The fourth-order valence-electron chi connectivity index (χ4n) is 3.36. The molecule has 0 unspecified atom stereocenters. The van der Waals surface area contributed by atoms with Gasteiger partial charge in [-0.2, -0.15) is 5.10 Å². The van der Waals surface area contributed by atoms with Crippen LogP contribution >= 0.6 is 11.3 Å². The molecule has 1 aliphatic rings. The topological polar surface area (TPSA) is 95.3 Å². The van der Waals surface area contributed by atoms with Crippen LogP contribution in [0.5, 0.6) is 0 Å². The number of carbonyl (C=O) groups is 2. The van der Waals surface area contributed by atoms with Gasteiger partial charge in [-0.1, -0.05) is 6.92 Å². The molecular weight excluding hydrogens is 392 g/mol. The van der Waals surface area contributed by atoms with Gasteiger partial charge in [-0.05, 0) is 32.6 Å². The molecular formula is C20H28N4O4S. The van der Waals surface area contributed by atoms with E-state index in [-0.39, 0.29) is 12.5 Å². The Labute approximate surface area is 174 Å². The predicted molar refractivity (Wildman–Crippen MR) is 109 cm³/mol. The third-order valence-electron chi connectivity index (χ3n) is 4.83. The van der Waals surface area contributed by atoms with Gasteiger partial charge in [0.05, 0.1) is 29.1 Å². The molecule has 8 nitrogen and oxygen atoms in total. The number of nitrogens with zero attached hydrogens (tertiary/aromatic N) is 3. The van der Waals surface area contributed by atoms with Gasteiger partial charge >= 0.3 is 5.97 Å². The molecule has 0 atom stereocenters. The van der Waals surface area contributed by atoms with Crippen molar-refractivity contribution in [1.29, 1.82) is 0 Å². The maximum absolute atomic E-state index is 12.7. The summed E-state index contributed by atoms with van der Waals surface area (Å²) >= 11 is 1.42. The molecule has 0 aromatic carbocycles. The summed E-state index contributed by atoms with van der Waals surface area (Å²) in [5.41, 5.74) is 4.47. The number of nitrogens with one attached hydrogen (secondary N) is 1. The number of amides is 1. The summed E-state index contributed by atoms with van der Waals surface area (Å²) in [6.45, 7) is 6.65. The van der Waals surface area contributed by atoms with E-state index in [2.05, 4.69) is 15.4 Å². The molecule has 0 radical (unpaired) electrons. The Morgan fingerprint density at radius 2 is 2.21 bits per heavy atom. The molecule has 0 aliphatic carbocycles. The Morgan fingerprint density at radius 1 is 1.38 bits per heavy atom. The molecule has 0 fully saturated rings. The molecule has 1 N–H and O–H groups in total. The number of hydrogen-bond donors (Lipinski definition) is 1. The summed E-state index contributed by atoms with van der Waals surface area (Å²) in [5.74, 6) is -0.454. The highest BCUT2D eigenvalue weighted by atomic mass is 32.1. The molecule has 0 saturated heterocycles. The minimum absolute atomic E-state index is 0.0598. The number of rotatable bonds is 6. The number of thiazole rings is 1. The third kappa shape index (κ3) is 5.42. The largest absolute Gasteiger partial charge is 0.461 e. The van der Waals surface area contributed by atoms with Crippen molar-refractivity contribution in [1.82, 2.24) is 20.1 Å². The van der Waals surface area contributed by atoms with Crippen LogP contribution in [0, 0.1) is 6.92 Å². The molecule has 0 bridgehead atoms. The van der Waals surface area contributed by atoms with Gasteiger partial charge in [-0.15, -0.1) is 11.3 Å². The lowest BCUT2D eigenvalue weighted by atomic mass is 10.1. The molecule has 2 aromatic rings. The lowest BCUT2D eigenvalue weighted by molar-refractivity contribution is 0.0487. The first-order chi connectivity index (χ1) is 14.1. The van der Waals surface area contributed by atoms with Crippen molar-refractivity contribution in [3.8, 4) is 0 Å². The van der Waals surface area contributed by atoms with Crippen LogP contribution in [0.15, 0.2) is 5.51 Å². The van der Waals surface area contributed by atoms with E-state index < -0.39 is 5.97 Å². The van der Waals surface area contributed by atoms with Crippen LogP contribution in [0.3, 0.4) is 0 Å². The maximum Gasteiger partial charge on any atom is 0.358 e. The third-order valence-corrected chi connectivity index (χ3v) is 5.59. The van der Waals surface area contributed by atoms with Gasteiger partial charge in [0.25, 0.3) is 5.91 Å². The fraction of sp³-hybridized carbons (Fsp3) is 0.600. The first kappa shape index (κ1) is 21.4. The van der Waals surface area contributed by atoms with Crippen LogP contribution < -0.4 is 5.32 Å². The van der Waals surface area contributed by atoms with Crippen molar-refractivity contribution in [3.63, 3.8) is 0 Å². The highest BCUT2D eigenvalue weighted by molar-refractivity contribution is 7.09. The Morgan fingerprint density at radius 3 is 2.97 bits per heavy atom. The number of carbonyl (C=O) groups excluding carboxylic acids is 2. The van der Waals surface area contributed by atoms with Gasteiger partial charge in [0.15, 0.2) is 5.69 Å². The highest BCUT2D eigenvalue weighted by Gasteiger charge is 2.23. The van der Waals surface area contributed by atoms with E-state index in [0.29, 0.717) is 50.4 Å². The molecule has 1 aliphatic heterocycles. The second-order valence-electron chi connectivity index (χ2n) is 6.92. The summed E-state index contributed by atoms with van der Waals surface area (Å²) < 4.78 is 12.9. The molecule has 0 saturated carbocycles. The molecule has 1 amide bonds. The molecule has 9 heteroatoms. The standard InChI is InChI=1S/C20H28N4O4S/c1-3-15-17-16(7-4-10-27-11-5-8-21-19(17)25)24(23-15)9-6-12-28-20(26)18-14(2)29-13-22-18/h13H,3-12H2,1-2H3,(H,21,25). The average Bonchev–Trinajstić information content (AvgIpc) is 3.29. The minimum Gasteiger partial charge on any atom is -0.461 e. The summed E-state index contributed by atoms with van der Waals surface area (Å²) in [6.07, 6.45) is 3.68. The molecule has 3 heterocycles. The molecule has 0 spiro atoms. The van der Waals surface area contributed by atoms with Gasteiger partial charge in [-0.3, -0.25) is 9.48 Å². The number of hydrogen-bond acceptors (Lipinski definition) is 7. The van der Waals surface area contributed by atoms with E-state index in [1.807, 2.05) is 18.5 Å². The van der Waals surface area contributed by atoms with Crippen LogP contribution in [-0.4, -0.2) is 53.0 Å². The van der Waals surface area contributed by atoms with Crippen LogP contribution in [0.4, 0.5) is 0 Å². The average molecular weight is 421 g/mol. The van der Waals surface area contributed by atoms with Crippen LogP contribution in [0.25, 0.3) is 0 Å². The van der Waals surface area contributed by atoms with Gasteiger partial charge in [-0.25, -0.2) is 9.78 Å².